The van der Waals surface area contributed by atoms with Crippen LogP contribution in [0, 0.1) is 0 Å². The number of ketones is 1. The van der Waals surface area contributed by atoms with Crippen molar-refractivity contribution in [1.29, 1.82) is 0 Å². The molecule has 35 heavy (non-hydrogen) atoms. The van der Waals surface area contributed by atoms with E-state index in [1.807, 2.05) is 49.4 Å². The third-order valence-electron chi connectivity index (χ3n) is 5.75. The number of rotatable bonds is 12. The van der Waals surface area contributed by atoms with Gasteiger partial charge in [0.2, 0.25) is 15.9 Å². The Labute approximate surface area is 206 Å². The van der Waals surface area contributed by atoms with Crippen molar-refractivity contribution in [3.8, 4) is 5.75 Å². The number of fused-ring (bicyclic) bond motifs is 1. The Kier molecular flexibility index (Phi) is 9.01. The quantitative estimate of drug-likeness (QED) is 0.386. The molecule has 3 aromatic rings. The smallest absolute Gasteiger partial charge is 0.222 e. The maximum Gasteiger partial charge on any atom is 0.222 e. The maximum atomic E-state index is 13.2. The van der Waals surface area contributed by atoms with Crippen LogP contribution in [0.4, 0.5) is 0 Å². The second-order valence-electron chi connectivity index (χ2n) is 8.60. The minimum atomic E-state index is -3.61. The van der Waals surface area contributed by atoms with E-state index in [-0.39, 0.29) is 12.2 Å². The molecule has 2 unspecified atom stereocenters. The first-order valence-corrected chi connectivity index (χ1v) is 13.5. The second-order valence-corrected chi connectivity index (χ2v) is 10.4. The summed E-state index contributed by atoms with van der Waals surface area (Å²) in [5.41, 5.74) is 1.29. The standard InChI is InChI=1S/C27H32N2O5S/c1-4-5-13-25(30)27(22-15-14-19-9-6-7-10-20(19)16-22)28-26(31)18-24(29-35(3,32)33)21-11-8-12-23(17-21)34-2/h6-12,14-17,24,27,29H,4-5,13,18H2,1-3H3,(H,28,31). The number of amides is 1. The molecule has 2 N–H and O–H groups in total. The van der Waals surface area contributed by atoms with E-state index in [2.05, 4.69) is 10.0 Å². The number of Topliss-reactive ketones (excluding diaryl/α,β-unsaturated/α-hetero) is 1. The molecule has 0 aliphatic carbocycles. The predicted octanol–water partition coefficient (Wildman–Crippen LogP) is 4.45. The van der Waals surface area contributed by atoms with Gasteiger partial charge in [0.05, 0.1) is 19.4 Å². The molecule has 0 fully saturated rings. The largest absolute Gasteiger partial charge is 0.497 e. The first-order valence-electron chi connectivity index (χ1n) is 11.6. The number of carbonyl (C=O) groups excluding carboxylic acids is 2. The third-order valence-corrected chi connectivity index (χ3v) is 6.47. The number of hydrogen-bond donors (Lipinski definition) is 2. The highest BCUT2D eigenvalue weighted by atomic mass is 32.2. The molecular weight excluding hydrogens is 464 g/mol. The lowest BCUT2D eigenvalue weighted by Gasteiger charge is -2.22. The highest BCUT2D eigenvalue weighted by Crippen LogP contribution is 2.25. The topological polar surface area (TPSA) is 102 Å². The monoisotopic (exact) mass is 496 g/mol. The van der Waals surface area contributed by atoms with Crippen molar-refractivity contribution in [3.63, 3.8) is 0 Å². The zero-order chi connectivity index (χ0) is 25.4. The third kappa shape index (κ3) is 7.63. The van der Waals surface area contributed by atoms with Gasteiger partial charge in [0.15, 0.2) is 5.78 Å². The minimum absolute atomic E-state index is 0.0792. The van der Waals surface area contributed by atoms with Gasteiger partial charge in [0.1, 0.15) is 11.8 Å². The van der Waals surface area contributed by atoms with Crippen molar-refractivity contribution in [2.24, 2.45) is 0 Å². The summed E-state index contributed by atoms with van der Waals surface area (Å²) in [6, 6.07) is 18.8. The predicted molar refractivity (Wildman–Crippen MR) is 138 cm³/mol. The summed E-state index contributed by atoms with van der Waals surface area (Å²) in [6.45, 7) is 2.01. The van der Waals surface area contributed by atoms with Crippen LogP contribution in [-0.2, 0) is 19.6 Å². The van der Waals surface area contributed by atoms with E-state index in [0.717, 1.165) is 29.9 Å². The van der Waals surface area contributed by atoms with Gasteiger partial charge in [-0.2, -0.15) is 0 Å². The molecule has 3 aromatic carbocycles. The highest BCUT2D eigenvalue weighted by molar-refractivity contribution is 7.88. The van der Waals surface area contributed by atoms with Gasteiger partial charge < -0.3 is 10.1 Å². The van der Waals surface area contributed by atoms with Crippen LogP contribution in [0.25, 0.3) is 10.8 Å². The van der Waals surface area contributed by atoms with Crippen LogP contribution in [0.15, 0.2) is 66.7 Å². The van der Waals surface area contributed by atoms with Crippen LogP contribution in [-0.4, -0.2) is 33.5 Å². The molecule has 7 nitrogen and oxygen atoms in total. The van der Waals surface area contributed by atoms with Crippen LogP contribution >= 0.6 is 0 Å². The molecule has 0 radical (unpaired) electrons. The summed E-state index contributed by atoms with van der Waals surface area (Å²) in [5, 5.41) is 4.88. The molecule has 0 aromatic heterocycles. The van der Waals surface area contributed by atoms with Gasteiger partial charge in [-0.05, 0) is 46.5 Å². The van der Waals surface area contributed by atoms with Crippen molar-refractivity contribution in [2.75, 3.05) is 13.4 Å². The zero-order valence-corrected chi connectivity index (χ0v) is 21.1. The van der Waals surface area contributed by atoms with Crippen molar-refractivity contribution in [2.45, 2.75) is 44.7 Å². The molecule has 0 saturated heterocycles. The normalized spacial score (nSPS) is 13.2. The fourth-order valence-corrected chi connectivity index (χ4v) is 4.72. The van der Waals surface area contributed by atoms with E-state index in [4.69, 9.17) is 4.74 Å². The lowest BCUT2D eigenvalue weighted by molar-refractivity contribution is -0.128. The molecule has 0 spiro atoms. The number of methoxy groups -OCH3 is 1. The Balaban J connectivity index is 1.88. The van der Waals surface area contributed by atoms with Crippen molar-refractivity contribution >= 4 is 32.5 Å². The molecule has 8 heteroatoms. The molecule has 0 heterocycles. The Morgan fingerprint density at radius 3 is 2.37 bits per heavy atom. The van der Waals surface area contributed by atoms with Crippen LogP contribution in [0.5, 0.6) is 5.75 Å². The first kappa shape index (κ1) is 26.4. The summed E-state index contributed by atoms with van der Waals surface area (Å²) in [7, 11) is -2.09. The van der Waals surface area contributed by atoms with E-state index in [1.54, 1.807) is 24.3 Å². The fourth-order valence-electron chi connectivity index (χ4n) is 3.98. The molecule has 3 rings (SSSR count). The summed E-state index contributed by atoms with van der Waals surface area (Å²) in [6.07, 6.45) is 2.80. The number of hydrogen-bond acceptors (Lipinski definition) is 5. The van der Waals surface area contributed by atoms with Crippen molar-refractivity contribution in [3.05, 3.63) is 77.9 Å². The number of nitrogens with one attached hydrogen (secondary N) is 2. The first-order chi connectivity index (χ1) is 16.7. The Hall–Kier alpha value is -3.23. The molecule has 0 aliphatic heterocycles. The summed E-state index contributed by atoms with van der Waals surface area (Å²) in [4.78, 5) is 26.3. The Bertz CT molecular complexity index is 1290. The van der Waals surface area contributed by atoms with Crippen LogP contribution in [0.1, 0.15) is 55.8 Å². The number of unbranched alkanes of at least 4 members (excludes halogenated alkanes) is 1. The van der Waals surface area contributed by atoms with Gasteiger partial charge in [0, 0.05) is 12.8 Å². The number of ether oxygens (including phenoxy) is 1. The molecule has 1 amide bonds. The van der Waals surface area contributed by atoms with Gasteiger partial charge >= 0.3 is 0 Å². The van der Waals surface area contributed by atoms with E-state index >= 15 is 0 Å². The van der Waals surface area contributed by atoms with Crippen LogP contribution in [0.3, 0.4) is 0 Å². The summed E-state index contributed by atoms with van der Waals surface area (Å²) < 4.78 is 31.8. The molecule has 0 bridgehead atoms. The lowest BCUT2D eigenvalue weighted by Crippen LogP contribution is -2.37. The van der Waals surface area contributed by atoms with Crippen LogP contribution in [0.2, 0.25) is 0 Å². The Morgan fingerprint density at radius 1 is 0.943 bits per heavy atom. The van der Waals surface area contributed by atoms with E-state index in [9.17, 15) is 18.0 Å². The fraction of sp³-hybridized carbons (Fsp3) is 0.333. The number of sulfonamides is 1. The molecule has 0 aliphatic rings. The molecule has 186 valence electrons. The van der Waals surface area contributed by atoms with Gasteiger partial charge in [-0.3, -0.25) is 9.59 Å². The average molecular weight is 497 g/mol. The minimum Gasteiger partial charge on any atom is -0.497 e. The van der Waals surface area contributed by atoms with Gasteiger partial charge in [0.25, 0.3) is 0 Å². The number of carbonyl (C=O) groups is 2. The molecule has 0 saturated carbocycles. The van der Waals surface area contributed by atoms with E-state index in [0.29, 0.717) is 23.3 Å². The van der Waals surface area contributed by atoms with Crippen molar-refractivity contribution in [1.82, 2.24) is 10.0 Å². The zero-order valence-electron chi connectivity index (χ0n) is 20.3. The van der Waals surface area contributed by atoms with Crippen molar-refractivity contribution < 1.29 is 22.7 Å². The maximum absolute atomic E-state index is 13.2. The summed E-state index contributed by atoms with van der Waals surface area (Å²) >= 11 is 0. The molecule has 2 atom stereocenters. The summed E-state index contributed by atoms with van der Waals surface area (Å²) in [5.74, 6) is 0.0356. The second kappa shape index (κ2) is 12.0. The van der Waals surface area contributed by atoms with Gasteiger partial charge in [-0.1, -0.05) is 61.9 Å². The molecular formula is C27H32N2O5S. The van der Waals surface area contributed by atoms with Gasteiger partial charge in [-0.15, -0.1) is 0 Å². The average Bonchev–Trinajstić information content (AvgIpc) is 2.84. The highest BCUT2D eigenvalue weighted by Gasteiger charge is 2.26. The van der Waals surface area contributed by atoms with Gasteiger partial charge in [-0.25, -0.2) is 13.1 Å². The van der Waals surface area contributed by atoms with E-state index < -0.39 is 28.0 Å². The Morgan fingerprint density at radius 2 is 1.69 bits per heavy atom. The van der Waals surface area contributed by atoms with E-state index in [1.165, 1.54) is 7.11 Å². The number of benzene rings is 3. The SMILES string of the molecule is CCCCC(=O)C(NC(=O)CC(NS(C)(=O)=O)c1cccc(OC)c1)c1ccc2ccccc2c1. The lowest BCUT2D eigenvalue weighted by atomic mass is 9.96. The van der Waals surface area contributed by atoms with Crippen LogP contribution < -0.4 is 14.8 Å².